The van der Waals surface area contributed by atoms with Gasteiger partial charge in [-0.05, 0) is 66.7 Å². The molecule has 3 aromatic heterocycles. The third-order valence-corrected chi connectivity index (χ3v) is 8.88. The Morgan fingerprint density at radius 1 is 0.311 bits per heavy atom. The largest absolute Gasteiger partial charge is 0.309 e. The molecular weight excluding hydrogens is 546 g/mol. The fourth-order valence-electron chi connectivity index (χ4n) is 7.01. The Balaban J connectivity index is 1.32. The fraction of sp³-hybridized carbons (Fsp3) is 0. The summed E-state index contributed by atoms with van der Waals surface area (Å²) in [5, 5.41) is 4.28. The highest BCUT2D eigenvalue weighted by atomic mass is 15.0. The highest BCUT2D eigenvalue weighted by molar-refractivity contribution is 6.13. The van der Waals surface area contributed by atoms with E-state index >= 15 is 0 Å². The summed E-state index contributed by atoms with van der Waals surface area (Å²) in [6.45, 7) is 0. The summed E-state index contributed by atoms with van der Waals surface area (Å²) < 4.78 is 75.6. The molecule has 0 aliphatic rings. The van der Waals surface area contributed by atoms with Crippen LogP contribution in [0.1, 0.15) is 11.0 Å². The molecule has 3 heteroatoms. The molecule has 0 atom stereocenters. The van der Waals surface area contributed by atoms with Crippen molar-refractivity contribution >= 4 is 65.4 Å². The molecule has 0 amide bonds. The van der Waals surface area contributed by atoms with Crippen LogP contribution >= 0.6 is 0 Å². The van der Waals surface area contributed by atoms with Gasteiger partial charge in [-0.25, -0.2) is 0 Å². The zero-order valence-electron chi connectivity index (χ0n) is 31.8. The van der Waals surface area contributed by atoms with Gasteiger partial charge in [-0.2, -0.15) is 0 Å². The van der Waals surface area contributed by atoms with Crippen molar-refractivity contribution in [3.05, 3.63) is 164 Å². The number of rotatable bonds is 3. The minimum atomic E-state index is -0.464. The van der Waals surface area contributed by atoms with Crippen LogP contribution in [-0.2, 0) is 0 Å². The smallest absolute Gasteiger partial charge is 0.0645 e. The van der Waals surface area contributed by atoms with E-state index in [0.29, 0.717) is 5.69 Å². The standard InChI is InChI=1S/C42H27N3/c1-2-12-28(13-3-1)43-40-21-11-7-17-34(40)36-26-29(23-25-41(36)43)45-39-20-10-6-16-33(39)35-24-22-30(27-42(35)45)44-37-18-8-4-14-31(37)32-15-5-9-19-38(32)44/h1-27H/i4D,5D,8D,9D,14D,15D,18D,19D. The lowest BCUT2D eigenvalue weighted by Crippen LogP contribution is -1.97. The van der Waals surface area contributed by atoms with Crippen molar-refractivity contribution in [2.75, 3.05) is 0 Å². The first-order valence-corrected chi connectivity index (χ1v) is 14.8. The third kappa shape index (κ3) is 3.41. The number of nitrogens with zero attached hydrogens (tertiary/aromatic N) is 3. The Labute approximate surface area is 270 Å². The maximum Gasteiger partial charge on any atom is 0.0645 e. The van der Waals surface area contributed by atoms with Gasteiger partial charge in [0.1, 0.15) is 0 Å². The van der Waals surface area contributed by atoms with Crippen LogP contribution in [0, 0.1) is 0 Å². The minimum Gasteiger partial charge on any atom is -0.309 e. The molecule has 3 nitrogen and oxygen atoms in total. The lowest BCUT2D eigenvalue weighted by Gasteiger charge is -2.12. The molecule has 45 heavy (non-hydrogen) atoms. The number of aromatic nitrogens is 3. The normalized spacial score (nSPS) is 14.5. The molecule has 0 saturated heterocycles. The molecule has 0 fully saturated rings. The van der Waals surface area contributed by atoms with E-state index < -0.39 is 24.2 Å². The van der Waals surface area contributed by atoms with Crippen molar-refractivity contribution in [3.8, 4) is 17.1 Å². The first-order chi connectivity index (χ1) is 25.7. The zero-order chi connectivity index (χ0) is 36.4. The van der Waals surface area contributed by atoms with Crippen LogP contribution in [0.3, 0.4) is 0 Å². The molecule has 10 aromatic rings. The molecule has 0 aliphatic carbocycles. The molecule has 10 rings (SSSR count). The molecule has 210 valence electrons. The average Bonchev–Trinajstić information content (AvgIpc) is 3.84. The molecule has 0 saturated carbocycles. The number of hydrogen-bond donors (Lipinski definition) is 0. The number of benzene rings is 7. The van der Waals surface area contributed by atoms with Crippen LogP contribution in [0.25, 0.3) is 82.5 Å². The van der Waals surface area contributed by atoms with E-state index in [1.54, 1.807) is 4.57 Å². The molecule has 0 radical (unpaired) electrons. The van der Waals surface area contributed by atoms with Gasteiger partial charge in [0.05, 0.1) is 44.1 Å². The first-order valence-electron chi connectivity index (χ1n) is 18.8. The van der Waals surface area contributed by atoms with E-state index in [2.05, 4.69) is 63.7 Å². The summed E-state index contributed by atoms with van der Waals surface area (Å²) in [4.78, 5) is 0. The molecular formula is C42H27N3. The highest BCUT2D eigenvalue weighted by Gasteiger charge is 2.18. The van der Waals surface area contributed by atoms with Crippen LogP contribution in [0.5, 0.6) is 0 Å². The average molecular weight is 582 g/mol. The Morgan fingerprint density at radius 2 is 0.800 bits per heavy atom. The summed E-state index contributed by atoms with van der Waals surface area (Å²) in [6, 6.07) is 35.8. The predicted molar refractivity (Wildman–Crippen MR) is 189 cm³/mol. The maximum atomic E-state index is 9.00. The van der Waals surface area contributed by atoms with Gasteiger partial charge in [-0.15, -0.1) is 0 Å². The number of fused-ring (bicyclic) bond motifs is 9. The van der Waals surface area contributed by atoms with Crippen molar-refractivity contribution < 1.29 is 11.0 Å². The summed E-state index contributed by atoms with van der Waals surface area (Å²) in [6.07, 6.45) is 0. The Morgan fingerprint density at radius 3 is 1.51 bits per heavy atom. The topological polar surface area (TPSA) is 14.8 Å². The Kier molecular flexibility index (Phi) is 3.67. The van der Waals surface area contributed by atoms with Crippen LogP contribution in [0.15, 0.2) is 164 Å². The second-order valence-electron chi connectivity index (χ2n) is 11.2. The number of para-hydroxylation sites is 5. The van der Waals surface area contributed by atoms with Crippen LogP contribution in [-0.4, -0.2) is 13.7 Å². The summed E-state index contributed by atoms with van der Waals surface area (Å²) in [7, 11) is 0. The van der Waals surface area contributed by atoms with Crippen molar-refractivity contribution in [1.29, 1.82) is 0 Å². The van der Waals surface area contributed by atoms with Gasteiger partial charge in [-0.1, -0.05) is 96.9 Å². The van der Waals surface area contributed by atoms with E-state index in [1.807, 2.05) is 60.7 Å². The van der Waals surface area contributed by atoms with Crippen molar-refractivity contribution in [2.24, 2.45) is 0 Å². The molecule has 0 spiro atoms. The fourth-order valence-corrected chi connectivity index (χ4v) is 7.01. The van der Waals surface area contributed by atoms with Crippen LogP contribution in [0.4, 0.5) is 0 Å². The van der Waals surface area contributed by atoms with Gasteiger partial charge >= 0.3 is 0 Å². The van der Waals surface area contributed by atoms with E-state index in [1.165, 1.54) is 0 Å². The zero-order valence-corrected chi connectivity index (χ0v) is 23.8. The molecule has 0 aliphatic heterocycles. The van der Waals surface area contributed by atoms with Crippen LogP contribution in [0.2, 0.25) is 0 Å². The molecule has 0 bridgehead atoms. The Hall–Kier alpha value is -6.06. The van der Waals surface area contributed by atoms with Gasteiger partial charge in [0.15, 0.2) is 0 Å². The summed E-state index contributed by atoms with van der Waals surface area (Å²) in [5.41, 5.74) is 6.62. The van der Waals surface area contributed by atoms with Gasteiger partial charge in [0.25, 0.3) is 0 Å². The third-order valence-electron chi connectivity index (χ3n) is 8.88. The van der Waals surface area contributed by atoms with Crippen molar-refractivity contribution in [3.63, 3.8) is 0 Å². The SMILES string of the molecule is [2H]c1c([2H])c([2H])c2c(c1[2H])c1c([2H])c([2H])c([2H])c([2H])c1n2-c1ccc2c3ccccc3n(-c3ccc4c(c3)c3ccccc3n4-c3ccccc3)c2c1. The maximum absolute atomic E-state index is 9.00. The molecule has 0 unspecified atom stereocenters. The van der Waals surface area contributed by atoms with E-state index in [9.17, 15) is 0 Å². The van der Waals surface area contributed by atoms with Crippen molar-refractivity contribution in [2.45, 2.75) is 0 Å². The minimum absolute atomic E-state index is 0.0545. The highest BCUT2D eigenvalue weighted by Crippen LogP contribution is 2.39. The molecule has 0 N–H and O–H groups in total. The van der Waals surface area contributed by atoms with Gasteiger partial charge in [0, 0.05) is 49.4 Å². The summed E-state index contributed by atoms with van der Waals surface area (Å²) in [5.74, 6) is 0. The predicted octanol–water partition coefficient (Wildman–Crippen LogP) is 11.0. The number of hydrogen-bond acceptors (Lipinski definition) is 0. The van der Waals surface area contributed by atoms with Gasteiger partial charge in [0.2, 0.25) is 0 Å². The van der Waals surface area contributed by atoms with Gasteiger partial charge in [-0.3, -0.25) is 0 Å². The van der Waals surface area contributed by atoms with E-state index in [-0.39, 0.29) is 46.0 Å². The second kappa shape index (κ2) is 9.22. The molecule has 7 aromatic carbocycles. The quantitative estimate of drug-likeness (QED) is 0.197. The lowest BCUT2D eigenvalue weighted by atomic mass is 10.1. The van der Waals surface area contributed by atoms with E-state index in [4.69, 9.17) is 11.0 Å². The molecule has 3 heterocycles. The van der Waals surface area contributed by atoms with Gasteiger partial charge < -0.3 is 13.7 Å². The van der Waals surface area contributed by atoms with Crippen LogP contribution < -0.4 is 0 Å². The lowest BCUT2D eigenvalue weighted by molar-refractivity contribution is 1.15. The van der Waals surface area contributed by atoms with Crippen molar-refractivity contribution in [1.82, 2.24) is 13.7 Å². The van der Waals surface area contributed by atoms with E-state index in [0.717, 1.165) is 55.0 Å². The monoisotopic (exact) mass is 581 g/mol. The second-order valence-corrected chi connectivity index (χ2v) is 11.2. The Bertz CT molecular complexity index is 3130. The first kappa shape index (κ1) is 17.9. The summed E-state index contributed by atoms with van der Waals surface area (Å²) >= 11 is 0.